The first-order valence-electron chi connectivity index (χ1n) is 9.35. The monoisotopic (exact) mass is 492 g/mol. The van der Waals surface area contributed by atoms with Gasteiger partial charge in [-0.25, -0.2) is 0 Å². The molecule has 1 aromatic rings. The van der Waals surface area contributed by atoms with Crippen LogP contribution in [0.15, 0.2) is 29.3 Å². The number of nitrogens with one attached hydrogen (secondary N) is 1. The second kappa shape index (κ2) is 11.3. The van der Waals surface area contributed by atoms with Crippen LogP contribution in [0, 0.1) is 0 Å². The van der Waals surface area contributed by atoms with Crippen LogP contribution in [0.3, 0.4) is 0 Å². The van der Waals surface area contributed by atoms with Gasteiger partial charge in [-0.1, -0.05) is 23.7 Å². The summed E-state index contributed by atoms with van der Waals surface area (Å²) < 4.78 is 5.48. The lowest BCUT2D eigenvalue weighted by Crippen LogP contribution is -2.46. The summed E-state index contributed by atoms with van der Waals surface area (Å²) in [5.41, 5.74) is 1.27. The van der Waals surface area contributed by atoms with Crippen molar-refractivity contribution in [1.29, 1.82) is 0 Å². The molecule has 7 heteroatoms. The third kappa shape index (κ3) is 6.25. The zero-order valence-corrected chi connectivity index (χ0v) is 18.6. The number of nitrogens with zero attached hydrogens (tertiary/aromatic N) is 3. The summed E-state index contributed by atoms with van der Waals surface area (Å²) in [6.45, 7) is 9.82. The Labute approximate surface area is 179 Å². The number of guanidine groups is 1. The number of rotatable bonds is 5. The topological polar surface area (TPSA) is 40.1 Å². The largest absolute Gasteiger partial charge is 0.379 e. The van der Waals surface area contributed by atoms with E-state index in [4.69, 9.17) is 21.3 Å². The third-order valence-corrected chi connectivity index (χ3v) is 5.19. The minimum absolute atomic E-state index is 0. The zero-order chi connectivity index (χ0) is 17.5. The number of halogens is 2. The molecule has 2 aliphatic heterocycles. The van der Waals surface area contributed by atoms with Gasteiger partial charge in [-0.2, -0.15) is 0 Å². The highest BCUT2D eigenvalue weighted by Gasteiger charge is 2.30. The molecule has 146 valence electrons. The number of morpholine rings is 1. The molecule has 26 heavy (non-hydrogen) atoms. The predicted molar refractivity (Wildman–Crippen MR) is 119 cm³/mol. The molecular weight excluding hydrogens is 463 g/mol. The lowest BCUT2D eigenvalue weighted by atomic mass is 10.1. The quantitative estimate of drug-likeness (QED) is 0.390. The first kappa shape index (κ1) is 21.7. The molecule has 0 bridgehead atoms. The van der Waals surface area contributed by atoms with E-state index in [1.807, 2.05) is 12.1 Å². The fraction of sp³-hybridized carbons (Fsp3) is 0.632. The lowest BCUT2D eigenvalue weighted by Gasteiger charge is -2.32. The molecule has 1 unspecified atom stereocenters. The molecule has 1 N–H and O–H groups in total. The molecule has 2 heterocycles. The summed E-state index contributed by atoms with van der Waals surface area (Å²) >= 11 is 5.95. The van der Waals surface area contributed by atoms with Crippen LogP contribution >= 0.6 is 35.6 Å². The van der Waals surface area contributed by atoms with E-state index in [0.717, 1.165) is 69.9 Å². The van der Waals surface area contributed by atoms with E-state index in [2.05, 4.69) is 34.2 Å². The van der Waals surface area contributed by atoms with Crippen LogP contribution in [0.4, 0.5) is 0 Å². The number of ether oxygens (including phenoxy) is 1. The standard InChI is InChI=1S/C19H29ClN4O.HI/c1-2-21-19(22-9-7-16-3-5-17(20)6-4-16)24-10-8-18(15-24)23-11-13-25-14-12-23;/h3-6,18H,2,7-15H2,1H3,(H,21,22);1H. The van der Waals surface area contributed by atoms with Crippen molar-refractivity contribution < 1.29 is 4.74 Å². The maximum atomic E-state index is 5.95. The van der Waals surface area contributed by atoms with Gasteiger partial charge < -0.3 is 15.0 Å². The molecule has 0 amide bonds. The molecule has 1 aromatic carbocycles. The van der Waals surface area contributed by atoms with Crippen LogP contribution in [-0.2, 0) is 11.2 Å². The minimum atomic E-state index is 0. The van der Waals surface area contributed by atoms with Gasteiger partial charge in [-0.3, -0.25) is 9.89 Å². The number of benzene rings is 1. The minimum Gasteiger partial charge on any atom is -0.379 e. The fourth-order valence-electron chi connectivity index (χ4n) is 3.54. The number of aliphatic imine (C=N–C) groups is 1. The maximum Gasteiger partial charge on any atom is 0.193 e. The Kier molecular flexibility index (Phi) is 9.45. The van der Waals surface area contributed by atoms with Gasteiger partial charge in [0.25, 0.3) is 0 Å². The molecule has 0 aliphatic carbocycles. The summed E-state index contributed by atoms with van der Waals surface area (Å²) in [5, 5.41) is 4.24. The summed E-state index contributed by atoms with van der Waals surface area (Å²) in [6.07, 6.45) is 2.15. The van der Waals surface area contributed by atoms with E-state index in [9.17, 15) is 0 Å². The van der Waals surface area contributed by atoms with E-state index in [1.54, 1.807) is 0 Å². The molecule has 0 spiro atoms. The maximum absolute atomic E-state index is 5.95. The zero-order valence-electron chi connectivity index (χ0n) is 15.5. The van der Waals surface area contributed by atoms with Gasteiger partial charge in [0.2, 0.25) is 0 Å². The summed E-state index contributed by atoms with van der Waals surface area (Å²) in [5.74, 6) is 1.05. The van der Waals surface area contributed by atoms with Gasteiger partial charge in [0, 0.05) is 50.3 Å². The van der Waals surface area contributed by atoms with Crippen molar-refractivity contribution in [2.75, 3.05) is 52.5 Å². The molecule has 0 saturated carbocycles. The molecule has 1 atom stereocenters. The Bertz CT molecular complexity index is 563. The third-order valence-electron chi connectivity index (χ3n) is 4.94. The summed E-state index contributed by atoms with van der Waals surface area (Å²) in [7, 11) is 0. The van der Waals surface area contributed by atoms with E-state index < -0.39 is 0 Å². The molecule has 0 aromatic heterocycles. The van der Waals surface area contributed by atoms with Gasteiger partial charge >= 0.3 is 0 Å². The van der Waals surface area contributed by atoms with Crippen molar-refractivity contribution in [3.8, 4) is 0 Å². The van der Waals surface area contributed by atoms with Gasteiger partial charge in [0.15, 0.2) is 5.96 Å². The lowest BCUT2D eigenvalue weighted by molar-refractivity contribution is 0.0195. The molecule has 2 saturated heterocycles. The Morgan fingerprint density at radius 3 is 2.65 bits per heavy atom. The number of hydrogen-bond acceptors (Lipinski definition) is 3. The molecule has 2 fully saturated rings. The van der Waals surface area contributed by atoms with Crippen LogP contribution in [0.5, 0.6) is 0 Å². The predicted octanol–water partition coefficient (Wildman–Crippen LogP) is 2.87. The smallest absolute Gasteiger partial charge is 0.193 e. The van der Waals surface area contributed by atoms with Crippen LogP contribution in [0.25, 0.3) is 0 Å². The Morgan fingerprint density at radius 1 is 1.23 bits per heavy atom. The van der Waals surface area contributed by atoms with Crippen molar-refractivity contribution >= 4 is 41.5 Å². The van der Waals surface area contributed by atoms with Crippen molar-refractivity contribution in [3.05, 3.63) is 34.9 Å². The summed E-state index contributed by atoms with van der Waals surface area (Å²) in [4.78, 5) is 9.83. The van der Waals surface area contributed by atoms with E-state index in [1.165, 1.54) is 12.0 Å². The highest BCUT2D eigenvalue weighted by molar-refractivity contribution is 14.0. The van der Waals surface area contributed by atoms with Crippen LogP contribution in [0.2, 0.25) is 5.02 Å². The summed E-state index contributed by atoms with van der Waals surface area (Å²) in [6, 6.07) is 8.67. The van der Waals surface area contributed by atoms with Crippen molar-refractivity contribution in [3.63, 3.8) is 0 Å². The van der Waals surface area contributed by atoms with Crippen molar-refractivity contribution in [2.24, 2.45) is 4.99 Å². The van der Waals surface area contributed by atoms with Gasteiger partial charge in [-0.05, 0) is 37.5 Å². The van der Waals surface area contributed by atoms with Crippen LogP contribution < -0.4 is 5.32 Å². The Balaban J connectivity index is 0.00000243. The van der Waals surface area contributed by atoms with Crippen LogP contribution in [0.1, 0.15) is 18.9 Å². The van der Waals surface area contributed by atoms with Crippen molar-refractivity contribution in [1.82, 2.24) is 15.1 Å². The second-order valence-electron chi connectivity index (χ2n) is 6.65. The van der Waals surface area contributed by atoms with Gasteiger partial charge in [0.1, 0.15) is 0 Å². The normalized spacial score (nSPS) is 21.5. The van der Waals surface area contributed by atoms with E-state index in [-0.39, 0.29) is 24.0 Å². The van der Waals surface area contributed by atoms with Crippen LogP contribution in [-0.4, -0.2) is 74.3 Å². The van der Waals surface area contributed by atoms with Gasteiger partial charge in [-0.15, -0.1) is 24.0 Å². The van der Waals surface area contributed by atoms with Gasteiger partial charge in [0.05, 0.1) is 13.2 Å². The number of hydrogen-bond donors (Lipinski definition) is 1. The first-order chi connectivity index (χ1) is 12.3. The van der Waals surface area contributed by atoms with Crippen molar-refractivity contribution in [2.45, 2.75) is 25.8 Å². The molecular formula is C19H30ClIN4O. The Hall–Kier alpha value is -0.570. The molecule has 2 aliphatic rings. The molecule has 5 nitrogen and oxygen atoms in total. The Morgan fingerprint density at radius 2 is 1.96 bits per heavy atom. The molecule has 3 rings (SSSR count). The first-order valence-corrected chi connectivity index (χ1v) is 9.73. The average molecular weight is 493 g/mol. The average Bonchev–Trinajstić information content (AvgIpc) is 3.13. The molecule has 0 radical (unpaired) electrons. The SMILES string of the molecule is CCNC(=NCCc1ccc(Cl)cc1)N1CCC(N2CCOCC2)C1.I. The van der Waals surface area contributed by atoms with E-state index >= 15 is 0 Å². The second-order valence-corrected chi connectivity index (χ2v) is 7.09. The van der Waals surface area contributed by atoms with E-state index in [0.29, 0.717) is 6.04 Å². The highest BCUT2D eigenvalue weighted by Crippen LogP contribution is 2.17. The highest BCUT2D eigenvalue weighted by atomic mass is 127. The number of likely N-dealkylation sites (tertiary alicyclic amines) is 1. The fourth-order valence-corrected chi connectivity index (χ4v) is 3.67.